The minimum Gasteiger partial charge on any atom is -0.490 e. The molecule has 0 radical (unpaired) electrons. The molecule has 2 aromatic carbocycles. The van der Waals surface area contributed by atoms with Gasteiger partial charge in [-0.2, -0.15) is 0 Å². The molecule has 0 spiro atoms. The summed E-state index contributed by atoms with van der Waals surface area (Å²) in [6.45, 7) is 5.59. The van der Waals surface area contributed by atoms with Gasteiger partial charge in [0, 0.05) is 18.1 Å². The van der Waals surface area contributed by atoms with Crippen LogP contribution in [0.5, 0.6) is 11.5 Å². The molecule has 0 saturated carbocycles. The lowest BCUT2D eigenvalue weighted by Gasteiger charge is -2.16. The predicted octanol–water partition coefficient (Wildman–Crippen LogP) is 4.44. The molecule has 0 heterocycles. The summed E-state index contributed by atoms with van der Waals surface area (Å²) in [6, 6.07) is 11.2. The van der Waals surface area contributed by atoms with Crippen molar-refractivity contribution in [1.29, 1.82) is 0 Å². The van der Waals surface area contributed by atoms with E-state index in [9.17, 15) is 5.11 Å². The third-order valence-corrected chi connectivity index (χ3v) is 3.93. The highest BCUT2D eigenvalue weighted by Crippen LogP contribution is 2.37. The Labute approximate surface area is 158 Å². The number of ether oxygens (including phenoxy) is 2. The summed E-state index contributed by atoms with van der Waals surface area (Å²) in [5.74, 6) is 1.12. The Morgan fingerprint density at radius 2 is 1.92 bits per heavy atom. The van der Waals surface area contributed by atoms with Crippen LogP contribution in [-0.2, 0) is 13.2 Å². The molecule has 2 rings (SSSR count). The summed E-state index contributed by atoms with van der Waals surface area (Å²) < 4.78 is 11.6. The number of nitrogens with one attached hydrogen (secondary N) is 1. The van der Waals surface area contributed by atoms with E-state index in [0.717, 1.165) is 11.1 Å². The molecule has 2 N–H and O–H groups in total. The van der Waals surface area contributed by atoms with Gasteiger partial charge in [0.05, 0.1) is 17.7 Å². The van der Waals surface area contributed by atoms with Gasteiger partial charge in [0.2, 0.25) is 0 Å². The maximum atomic E-state index is 9.32. The molecular formula is C19H23Cl2NO3. The van der Waals surface area contributed by atoms with E-state index in [-0.39, 0.29) is 0 Å². The molecule has 2 aromatic rings. The van der Waals surface area contributed by atoms with Gasteiger partial charge in [-0.05, 0) is 49.2 Å². The summed E-state index contributed by atoms with van der Waals surface area (Å²) >= 11 is 12.4. The topological polar surface area (TPSA) is 50.7 Å². The minimum atomic E-state index is -0.401. The molecule has 0 aliphatic heterocycles. The van der Waals surface area contributed by atoms with Gasteiger partial charge in [0.15, 0.2) is 11.5 Å². The lowest BCUT2D eigenvalue weighted by molar-refractivity contribution is 0.191. The second-order valence-electron chi connectivity index (χ2n) is 5.74. The fourth-order valence-electron chi connectivity index (χ4n) is 2.33. The van der Waals surface area contributed by atoms with E-state index in [2.05, 4.69) is 5.32 Å². The third kappa shape index (κ3) is 6.40. The van der Waals surface area contributed by atoms with Gasteiger partial charge in [-0.25, -0.2) is 0 Å². The Morgan fingerprint density at radius 1 is 1.12 bits per heavy atom. The quantitative estimate of drug-likeness (QED) is 0.671. The molecule has 25 heavy (non-hydrogen) atoms. The van der Waals surface area contributed by atoms with Gasteiger partial charge in [0.25, 0.3) is 0 Å². The predicted molar refractivity (Wildman–Crippen MR) is 102 cm³/mol. The van der Waals surface area contributed by atoms with Crippen LogP contribution in [0.1, 0.15) is 25.0 Å². The molecule has 0 bridgehead atoms. The van der Waals surface area contributed by atoms with Gasteiger partial charge in [-0.1, -0.05) is 35.3 Å². The zero-order chi connectivity index (χ0) is 18.2. The number of aliphatic hydroxyl groups excluding tert-OH is 1. The van der Waals surface area contributed by atoms with Crippen LogP contribution in [0.3, 0.4) is 0 Å². The van der Waals surface area contributed by atoms with E-state index in [1.165, 1.54) is 0 Å². The van der Waals surface area contributed by atoms with E-state index in [4.69, 9.17) is 32.7 Å². The van der Waals surface area contributed by atoms with Crippen LogP contribution < -0.4 is 14.8 Å². The molecule has 0 aliphatic rings. The Hall–Kier alpha value is -1.46. The van der Waals surface area contributed by atoms with Crippen LogP contribution in [0.25, 0.3) is 0 Å². The molecule has 0 saturated heterocycles. The van der Waals surface area contributed by atoms with Crippen molar-refractivity contribution in [3.63, 3.8) is 0 Å². The van der Waals surface area contributed by atoms with E-state index in [1.807, 2.05) is 43.3 Å². The summed E-state index contributed by atoms with van der Waals surface area (Å²) in [5, 5.41) is 13.6. The first kappa shape index (κ1) is 19.9. The SMILES string of the molecule is CCOc1cc(CNC[C@H](C)O)cc(Cl)c1OCc1cccc(Cl)c1. The van der Waals surface area contributed by atoms with Crippen molar-refractivity contribution >= 4 is 23.2 Å². The maximum absolute atomic E-state index is 9.32. The number of hydrogen-bond donors (Lipinski definition) is 2. The standard InChI is InChI=1S/C19H23Cl2NO3/c1-3-24-18-9-15(11-22-10-13(2)23)8-17(21)19(18)25-12-14-5-4-6-16(20)7-14/h4-9,13,22-23H,3,10-12H2,1-2H3/t13-/m0/s1. The molecule has 0 aromatic heterocycles. The summed E-state index contributed by atoms with van der Waals surface area (Å²) in [6.07, 6.45) is -0.401. The second kappa shape index (κ2) is 9.88. The van der Waals surface area contributed by atoms with E-state index < -0.39 is 6.10 Å². The average molecular weight is 384 g/mol. The van der Waals surface area contributed by atoms with Crippen LogP contribution in [0.4, 0.5) is 0 Å². The largest absolute Gasteiger partial charge is 0.490 e. The van der Waals surface area contributed by atoms with Crippen LogP contribution in [-0.4, -0.2) is 24.4 Å². The van der Waals surface area contributed by atoms with Crippen LogP contribution in [0, 0.1) is 0 Å². The van der Waals surface area contributed by atoms with Gasteiger partial charge in [0.1, 0.15) is 6.61 Å². The summed E-state index contributed by atoms with van der Waals surface area (Å²) in [7, 11) is 0. The maximum Gasteiger partial charge on any atom is 0.180 e. The van der Waals surface area contributed by atoms with Crippen molar-refractivity contribution in [3.8, 4) is 11.5 Å². The van der Waals surface area contributed by atoms with Gasteiger partial charge in [-0.15, -0.1) is 0 Å². The van der Waals surface area contributed by atoms with E-state index in [0.29, 0.717) is 47.8 Å². The van der Waals surface area contributed by atoms with Crippen molar-refractivity contribution in [1.82, 2.24) is 5.32 Å². The second-order valence-corrected chi connectivity index (χ2v) is 6.58. The Kier molecular flexibility index (Phi) is 7.85. The van der Waals surface area contributed by atoms with Crippen molar-refractivity contribution in [3.05, 3.63) is 57.6 Å². The zero-order valence-corrected chi connectivity index (χ0v) is 15.9. The van der Waals surface area contributed by atoms with E-state index in [1.54, 1.807) is 6.92 Å². The van der Waals surface area contributed by atoms with Crippen LogP contribution in [0.2, 0.25) is 10.0 Å². The highest BCUT2D eigenvalue weighted by atomic mass is 35.5. The van der Waals surface area contributed by atoms with Crippen molar-refractivity contribution in [2.45, 2.75) is 33.1 Å². The number of aliphatic hydroxyl groups is 1. The van der Waals surface area contributed by atoms with Gasteiger partial charge in [-0.3, -0.25) is 0 Å². The number of rotatable bonds is 9. The van der Waals surface area contributed by atoms with Crippen LogP contribution in [0.15, 0.2) is 36.4 Å². The van der Waals surface area contributed by atoms with E-state index >= 15 is 0 Å². The smallest absolute Gasteiger partial charge is 0.180 e. The summed E-state index contributed by atoms with van der Waals surface area (Å²) in [5.41, 5.74) is 1.91. The molecule has 0 amide bonds. The number of halogens is 2. The number of benzene rings is 2. The highest BCUT2D eigenvalue weighted by Gasteiger charge is 2.13. The molecule has 0 aliphatic carbocycles. The molecule has 0 fully saturated rings. The Morgan fingerprint density at radius 3 is 2.60 bits per heavy atom. The first-order valence-electron chi connectivity index (χ1n) is 8.20. The fourth-order valence-corrected chi connectivity index (χ4v) is 2.83. The fraction of sp³-hybridized carbons (Fsp3) is 0.368. The third-order valence-electron chi connectivity index (χ3n) is 3.41. The monoisotopic (exact) mass is 383 g/mol. The van der Waals surface area contributed by atoms with Gasteiger partial charge >= 0.3 is 0 Å². The zero-order valence-electron chi connectivity index (χ0n) is 14.4. The van der Waals surface area contributed by atoms with Crippen molar-refractivity contribution < 1.29 is 14.6 Å². The first-order chi connectivity index (χ1) is 12.0. The minimum absolute atomic E-state index is 0.347. The molecule has 136 valence electrons. The van der Waals surface area contributed by atoms with Gasteiger partial charge < -0.3 is 19.9 Å². The Balaban J connectivity index is 2.12. The van der Waals surface area contributed by atoms with Crippen molar-refractivity contribution in [2.75, 3.05) is 13.2 Å². The van der Waals surface area contributed by atoms with Crippen LogP contribution >= 0.6 is 23.2 Å². The first-order valence-corrected chi connectivity index (χ1v) is 8.96. The normalized spacial score (nSPS) is 12.0. The molecule has 6 heteroatoms. The highest BCUT2D eigenvalue weighted by molar-refractivity contribution is 6.32. The lowest BCUT2D eigenvalue weighted by Crippen LogP contribution is -2.23. The Bertz CT molecular complexity index is 692. The number of hydrogen-bond acceptors (Lipinski definition) is 4. The molecule has 1 atom stereocenters. The molecule has 4 nitrogen and oxygen atoms in total. The van der Waals surface area contributed by atoms with Crippen molar-refractivity contribution in [2.24, 2.45) is 0 Å². The average Bonchev–Trinajstić information content (AvgIpc) is 2.54. The summed E-state index contributed by atoms with van der Waals surface area (Å²) in [4.78, 5) is 0. The lowest BCUT2D eigenvalue weighted by atomic mass is 10.2. The molecule has 0 unspecified atom stereocenters. The molecular weight excluding hydrogens is 361 g/mol.